The van der Waals surface area contributed by atoms with E-state index in [9.17, 15) is 9.59 Å². The Morgan fingerprint density at radius 1 is 1.25 bits per heavy atom. The molecule has 1 amide bonds. The van der Waals surface area contributed by atoms with Crippen LogP contribution in [0.4, 0.5) is 0 Å². The molecular weight excluding hydrogens is 306 g/mol. The van der Waals surface area contributed by atoms with Crippen molar-refractivity contribution in [3.8, 4) is 5.75 Å². The third-order valence-electron chi connectivity index (χ3n) is 4.67. The molecule has 1 saturated carbocycles. The molecule has 1 aliphatic carbocycles. The second-order valence-corrected chi connectivity index (χ2v) is 6.84. The number of aliphatic carboxylic acids is 1. The first kappa shape index (κ1) is 18.3. The molecule has 0 spiro atoms. The van der Waals surface area contributed by atoms with Gasteiger partial charge in [-0.2, -0.15) is 0 Å². The Morgan fingerprint density at radius 3 is 2.50 bits per heavy atom. The molecule has 0 bridgehead atoms. The Bertz CT molecular complexity index is 579. The summed E-state index contributed by atoms with van der Waals surface area (Å²) in [6.45, 7) is 6.30. The van der Waals surface area contributed by atoms with E-state index < -0.39 is 11.9 Å². The van der Waals surface area contributed by atoms with E-state index in [1.807, 2.05) is 39.0 Å². The van der Waals surface area contributed by atoms with E-state index in [0.29, 0.717) is 19.4 Å². The van der Waals surface area contributed by atoms with Gasteiger partial charge in [-0.1, -0.05) is 24.6 Å². The fraction of sp³-hybridized carbons (Fsp3) is 0.579. The van der Waals surface area contributed by atoms with Crippen molar-refractivity contribution in [2.24, 2.45) is 11.8 Å². The lowest BCUT2D eigenvalue weighted by atomic mass is 9.81. The minimum Gasteiger partial charge on any atom is -0.491 e. The van der Waals surface area contributed by atoms with Crippen molar-refractivity contribution in [1.82, 2.24) is 5.32 Å². The van der Waals surface area contributed by atoms with Gasteiger partial charge in [-0.15, -0.1) is 0 Å². The van der Waals surface area contributed by atoms with E-state index in [0.717, 1.165) is 29.7 Å². The predicted octanol–water partition coefficient (Wildman–Crippen LogP) is 3.08. The molecule has 24 heavy (non-hydrogen) atoms. The molecule has 2 rings (SSSR count). The number of amides is 1. The number of carboxylic acid groups (broad SMARTS) is 1. The third kappa shape index (κ3) is 4.73. The van der Waals surface area contributed by atoms with Gasteiger partial charge < -0.3 is 15.2 Å². The normalized spacial score (nSPS) is 21.8. The zero-order valence-electron chi connectivity index (χ0n) is 14.7. The maximum Gasteiger partial charge on any atom is 0.306 e. The maximum atomic E-state index is 12.4. The Labute approximate surface area is 143 Å². The van der Waals surface area contributed by atoms with Gasteiger partial charge in [0.2, 0.25) is 5.91 Å². The van der Waals surface area contributed by atoms with Gasteiger partial charge >= 0.3 is 5.97 Å². The van der Waals surface area contributed by atoms with Crippen molar-refractivity contribution < 1.29 is 19.4 Å². The molecule has 0 saturated heterocycles. The van der Waals surface area contributed by atoms with Crippen LogP contribution in [0.1, 0.15) is 43.7 Å². The standard InChI is InChI=1S/C19H27NO4/c1-12-6-4-7-13(2)17(12)24-11-14(3)20-18(21)15-8-5-9-16(10-15)19(22)23/h4,6-7,14-16H,5,8-11H2,1-3H3,(H,20,21)(H,22,23). The molecule has 0 aliphatic heterocycles. The summed E-state index contributed by atoms with van der Waals surface area (Å²) >= 11 is 0. The molecule has 1 fully saturated rings. The van der Waals surface area contributed by atoms with E-state index >= 15 is 0 Å². The summed E-state index contributed by atoms with van der Waals surface area (Å²) < 4.78 is 5.87. The lowest BCUT2D eigenvalue weighted by molar-refractivity contribution is -0.144. The van der Waals surface area contributed by atoms with Gasteiger partial charge in [0.15, 0.2) is 0 Å². The average Bonchev–Trinajstić information content (AvgIpc) is 2.54. The fourth-order valence-electron chi connectivity index (χ4n) is 3.29. The summed E-state index contributed by atoms with van der Waals surface area (Å²) in [6, 6.07) is 5.87. The van der Waals surface area contributed by atoms with E-state index in [4.69, 9.17) is 9.84 Å². The fourth-order valence-corrected chi connectivity index (χ4v) is 3.29. The van der Waals surface area contributed by atoms with Gasteiger partial charge in [-0.3, -0.25) is 9.59 Å². The zero-order valence-corrected chi connectivity index (χ0v) is 14.7. The van der Waals surface area contributed by atoms with Gasteiger partial charge in [0.25, 0.3) is 0 Å². The highest BCUT2D eigenvalue weighted by Gasteiger charge is 2.31. The van der Waals surface area contributed by atoms with Crippen molar-refractivity contribution >= 4 is 11.9 Å². The molecule has 0 heterocycles. The van der Waals surface area contributed by atoms with Crippen LogP contribution in [0.5, 0.6) is 5.75 Å². The summed E-state index contributed by atoms with van der Waals surface area (Å²) in [5, 5.41) is 12.1. The van der Waals surface area contributed by atoms with Crippen LogP contribution in [0.25, 0.3) is 0 Å². The van der Waals surface area contributed by atoms with Crippen LogP contribution < -0.4 is 10.1 Å². The molecule has 132 valence electrons. The van der Waals surface area contributed by atoms with Gasteiger partial charge in [-0.05, 0) is 51.2 Å². The molecule has 0 aromatic heterocycles. The lowest BCUT2D eigenvalue weighted by Crippen LogP contribution is -2.42. The topological polar surface area (TPSA) is 75.6 Å². The molecule has 3 atom stereocenters. The monoisotopic (exact) mass is 333 g/mol. The quantitative estimate of drug-likeness (QED) is 0.839. The van der Waals surface area contributed by atoms with E-state index in [1.54, 1.807) is 0 Å². The smallest absolute Gasteiger partial charge is 0.306 e. The summed E-state index contributed by atoms with van der Waals surface area (Å²) in [4.78, 5) is 23.5. The molecule has 2 N–H and O–H groups in total. The molecule has 3 unspecified atom stereocenters. The second-order valence-electron chi connectivity index (χ2n) is 6.84. The zero-order chi connectivity index (χ0) is 17.7. The third-order valence-corrected chi connectivity index (χ3v) is 4.67. The maximum absolute atomic E-state index is 12.4. The number of ether oxygens (including phenoxy) is 1. The minimum absolute atomic E-state index is 0.0569. The number of hydrogen-bond acceptors (Lipinski definition) is 3. The Balaban J connectivity index is 1.84. The van der Waals surface area contributed by atoms with Crippen LogP contribution in [-0.2, 0) is 9.59 Å². The molecular formula is C19H27NO4. The van der Waals surface area contributed by atoms with Crippen molar-refractivity contribution in [3.05, 3.63) is 29.3 Å². The Kier molecular flexibility index (Phi) is 6.23. The first-order valence-corrected chi connectivity index (χ1v) is 8.60. The van der Waals surface area contributed by atoms with E-state index in [1.165, 1.54) is 0 Å². The predicted molar refractivity (Wildman–Crippen MR) is 92.1 cm³/mol. The second kappa shape index (κ2) is 8.18. The van der Waals surface area contributed by atoms with Crippen LogP contribution in [0.15, 0.2) is 18.2 Å². The molecule has 5 heteroatoms. The molecule has 0 radical (unpaired) electrons. The van der Waals surface area contributed by atoms with Crippen molar-refractivity contribution in [2.45, 2.75) is 52.5 Å². The largest absolute Gasteiger partial charge is 0.491 e. The van der Waals surface area contributed by atoms with Gasteiger partial charge in [0.1, 0.15) is 12.4 Å². The molecule has 5 nitrogen and oxygen atoms in total. The highest BCUT2D eigenvalue weighted by Crippen LogP contribution is 2.29. The van der Waals surface area contributed by atoms with Crippen molar-refractivity contribution in [2.75, 3.05) is 6.61 Å². The molecule has 1 aliphatic rings. The SMILES string of the molecule is Cc1cccc(C)c1OCC(C)NC(=O)C1CCCC(C(=O)O)C1. The number of nitrogens with one attached hydrogen (secondary N) is 1. The molecule has 1 aromatic rings. The van der Waals surface area contributed by atoms with Crippen LogP contribution in [0.2, 0.25) is 0 Å². The van der Waals surface area contributed by atoms with Crippen LogP contribution in [0, 0.1) is 25.7 Å². The number of aryl methyl sites for hydroxylation is 2. The van der Waals surface area contributed by atoms with Gasteiger partial charge in [0, 0.05) is 5.92 Å². The first-order valence-electron chi connectivity index (χ1n) is 8.60. The minimum atomic E-state index is -0.793. The average molecular weight is 333 g/mol. The Hall–Kier alpha value is -2.04. The number of carboxylic acids is 1. The first-order chi connectivity index (χ1) is 11.4. The highest BCUT2D eigenvalue weighted by atomic mass is 16.5. The van der Waals surface area contributed by atoms with Gasteiger partial charge in [-0.25, -0.2) is 0 Å². The lowest BCUT2D eigenvalue weighted by Gasteiger charge is -2.27. The van der Waals surface area contributed by atoms with E-state index in [2.05, 4.69) is 5.32 Å². The Morgan fingerprint density at radius 2 is 1.88 bits per heavy atom. The number of para-hydroxylation sites is 1. The number of hydrogen-bond donors (Lipinski definition) is 2. The van der Waals surface area contributed by atoms with Gasteiger partial charge in [0.05, 0.1) is 12.0 Å². The molecule has 1 aromatic carbocycles. The summed E-state index contributed by atoms with van der Waals surface area (Å²) in [7, 11) is 0. The van der Waals surface area contributed by atoms with E-state index in [-0.39, 0.29) is 17.9 Å². The van der Waals surface area contributed by atoms with Crippen LogP contribution in [-0.4, -0.2) is 29.6 Å². The van der Waals surface area contributed by atoms with Crippen LogP contribution >= 0.6 is 0 Å². The van der Waals surface area contributed by atoms with Crippen molar-refractivity contribution in [1.29, 1.82) is 0 Å². The summed E-state index contributed by atoms with van der Waals surface area (Å²) in [6.07, 6.45) is 2.67. The number of rotatable bonds is 6. The number of carbonyl (C=O) groups is 2. The summed E-state index contributed by atoms with van der Waals surface area (Å²) in [5.74, 6) is -0.585. The summed E-state index contributed by atoms with van der Waals surface area (Å²) in [5.41, 5.74) is 2.15. The van der Waals surface area contributed by atoms with Crippen molar-refractivity contribution in [3.63, 3.8) is 0 Å². The number of benzene rings is 1. The highest BCUT2D eigenvalue weighted by molar-refractivity contribution is 5.80. The number of carbonyl (C=O) groups excluding carboxylic acids is 1. The van der Waals surface area contributed by atoms with Crippen LogP contribution in [0.3, 0.4) is 0 Å².